The van der Waals surface area contributed by atoms with Gasteiger partial charge < -0.3 is 10.2 Å². The summed E-state index contributed by atoms with van der Waals surface area (Å²) in [5.41, 5.74) is 0.283. The SMILES string of the molecule is CC1CCN(C(=O)CCNC(=O)c2ccc([N+](=O)[O-])cc2)CC1. The number of nitrogens with one attached hydrogen (secondary N) is 1. The van der Waals surface area contributed by atoms with E-state index in [1.807, 2.05) is 4.90 Å². The largest absolute Gasteiger partial charge is 0.352 e. The molecule has 1 heterocycles. The quantitative estimate of drug-likeness (QED) is 0.663. The van der Waals surface area contributed by atoms with E-state index in [2.05, 4.69) is 12.2 Å². The van der Waals surface area contributed by atoms with Gasteiger partial charge >= 0.3 is 0 Å². The van der Waals surface area contributed by atoms with Gasteiger partial charge in [0.1, 0.15) is 0 Å². The molecular weight excluding hydrogens is 298 g/mol. The third kappa shape index (κ3) is 4.77. The molecule has 124 valence electrons. The predicted octanol–water partition coefficient (Wildman–Crippen LogP) is 1.97. The highest BCUT2D eigenvalue weighted by Gasteiger charge is 2.20. The summed E-state index contributed by atoms with van der Waals surface area (Å²) in [6, 6.07) is 5.38. The molecule has 1 N–H and O–H groups in total. The number of carbonyl (C=O) groups is 2. The smallest absolute Gasteiger partial charge is 0.269 e. The van der Waals surface area contributed by atoms with Gasteiger partial charge in [0, 0.05) is 43.8 Å². The summed E-state index contributed by atoms with van der Waals surface area (Å²) in [6.07, 6.45) is 2.33. The number of carbonyl (C=O) groups excluding carboxylic acids is 2. The second kappa shape index (κ2) is 7.71. The van der Waals surface area contributed by atoms with Crippen molar-refractivity contribution in [2.24, 2.45) is 5.92 Å². The van der Waals surface area contributed by atoms with Crippen molar-refractivity contribution in [2.45, 2.75) is 26.2 Å². The Labute approximate surface area is 134 Å². The summed E-state index contributed by atoms with van der Waals surface area (Å²) < 4.78 is 0. The lowest BCUT2D eigenvalue weighted by Gasteiger charge is -2.30. The number of nitro groups is 1. The van der Waals surface area contributed by atoms with Gasteiger partial charge in [-0.2, -0.15) is 0 Å². The van der Waals surface area contributed by atoms with Crippen LogP contribution in [0.25, 0.3) is 0 Å². The second-order valence-electron chi connectivity index (χ2n) is 5.87. The Morgan fingerprint density at radius 1 is 1.26 bits per heavy atom. The van der Waals surface area contributed by atoms with Crippen molar-refractivity contribution in [1.82, 2.24) is 10.2 Å². The maximum Gasteiger partial charge on any atom is 0.269 e. The number of non-ortho nitro benzene ring substituents is 1. The lowest BCUT2D eigenvalue weighted by atomic mass is 9.99. The molecule has 1 fully saturated rings. The summed E-state index contributed by atoms with van der Waals surface area (Å²) in [5.74, 6) is 0.391. The average Bonchev–Trinajstić information content (AvgIpc) is 2.55. The zero-order valence-electron chi connectivity index (χ0n) is 13.2. The van der Waals surface area contributed by atoms with Gasteiger partial charge in [0.15, 0.2) is 0 Å². The van der Waals surface area contributed by atoms with E-state index in [4.69, 9.17) is 0 Å². The van der Waals surface area contributed by atoms with Crippen LogP contribution < -0.4 is 5.32 Å². The van der Waals surface area contributed by atoms with Crippen LogP contribution in [0, 0.1) is 16.0 Å². The topological polar surface area (TPSA) is 92.6 Å². The van der Waals surface area contributed by atoms with Gasteiger partial charge in [0.25, 0.3) is 11.6 Å². The Morgan fingerprint density at radius 2 is 1.87 bits per heavy atom. The third-order valence-electron chi connectivity index (χ3n) is 4.10. The summed E-state index contributed by atoms with van der Waals surface area (Å²) >= 11 is 0. The van der Waals surface area contributed by atoms with Crippen LogP contribution in [0.2, 0.25) is 0 Å². The van der Waals surface area contributed by atoms with Crippen molar-refractivity contribution < 1.29 is 14.5 Å². The molecule has 0 unspecified atom stereocenters. The van der Waals surface area contributed by atoms with Crippen LogP contribution in [-0.2, 0) is 4.79 Å². The van der Waals surface area contributed by atoms with E-state index in [9.17, 15) is 19.7 Å². The number of likely N-dealkylation sites (tertiary alicyclic amines) is 1. The highest BCUT2D eigenvalue weighted by molar-refractivity contribution is 5.94. The van der Waals surface area contributed by atoms with Gasteiger partial charge in [-0.25, -0.2) is 0 Å². The molecule has 7 nitrogen and oxygen atoms in total. The van der Waals surface area contributed by atoms with Crippen molar-refractivity contribution in [3.8, 4) is 0 Å². The highest BCUT2D eigenvalue weighted by Crippen LogP contribution is 2.16. The zero-order chi connectivity index (χ0) is 16.8. The number of piperidine rings is 1. The molecular formula is C16H21N3O4. The lowest BCUT2D eigenvalue weighted by Crippen LogP contribution is -2.39. The van der Waals surface area contributed by atoms with Crippen molar-refractivity contribution >= 4 is 17.5 Å². The van der Waals surface area contributed by atoms with E-state index in [1.165, 1.54) is 24.3 Å². The molecule has 0 saturated carbocycles. The summed E-state index contributed by atoms with van der Waals surface area (Å²) in [5, 5.41) is 13.2. The van der Waals surface area contributed by atoms with Crippen LogP contribution in [0.3, 0.4) is 0 Å². The molecule has 1 saturated heterocycles. The van der Waals surface area contributed by atoms with E-state index in [0.29, 0.717) is 11.5 Å². The normalized spacial score (nSPS) is 15.3. The Hall–Kier alpha value is -2.44. The predicted molar refractivity (Wildman–Crippen MR) is 85.0 cm³/mol. The van der Waals surface area contributed by atoms with Gasteiger partial charge in [-0.1, -0.05) is 6.92 Å². The fourth-order valence-electron chi connectivity index (χ4n) is 2.54. The maximum absolute atomic E-state index is 12.0. The van der Waals surface area contributed by atoms with Crippen molar-refractivity contribution in [3.05, 3.63) is 39.9 Å². The summed E-state index contributed by atoms with van der Waals surface area (Å²) in [4.78, 5) is 35.9. The van der Waals surface area contributed by atoms with Crippen LogP contribution >= 0.6 is 0 Å². The number of nitrogens with zero attached hydrogens (tertiary/aromatic N) is 2. The van der Waals surface area contributed by atoms with Crippen molar-refractivity contribution in [2.75, 3.05) is 19.6 Å². The molecule has 1 aliphatic heterocycles. The first-order valence-electron chi connectivity index (χ1n) is 7.78. The van der Waals surface area contributed by atoms with Gasteiger partial charge in [0.05, 0.1) is 4.92 Å². The zero-order valence-corrected chi connectivity index (χ0v) is 13.2. The van der Waals surface area contributed by atoms with Crippen LogP contribution in [0.1, 0.15) is 36.5 Å². The van der Waals surface area contributed by atoms with E-state index < -0.39 is 4.92 Å². The highest BCUT2D eigenvalue weighted by atomic mass is 16.6. The first kappa shape index (κ1) is 16.9. The van der Waals surface area contributed by atoms with E-state index >= 15 is 0 Å². The fraction of sp³-hybridized carbons (Fsp3) is 0.500. The number of hydrogen-bond acceptors (Lipinski definition) is 4. The number of amides is 2. The molecule has 0 aliphatic carbocycles. The first-order chi connectivity index (χ1) is 11.0. The molecule has 2 rings (SSSR count). The van der Waals surface area contributed by atoms with Crippen LogP contribution in [0.4, 0.5) is 5.69 Å². The monoisotopic (exact) mass is 319 g/mol. The summed E-state index contributed by atoms with van der Waals surface area (Å²) in [6.45, 7) is 4.03. The Morgan fingerprint density at radius 3 is 2.43 bits per heavy atom. The minimum atomic E-state index is -0.514. The van der Waals surface area contributed by atoms with E-state index in [0.717, 1.165) is 25.9 Å². The van der Waals surface area contributed by atoms with E-state index in [1.54, 1.807) is 0 Å². The molecule has 0 radical (unpaired) electrons. The molecule has 0 aromatic heterocycles. The minimum Gasteiger partial charge on any atom is -0.352 e. The fourth-order valence-corrected chi connectivity index (χ4v) is 2.54. The Kier molecular flexibility index (Phi) is 5.67. The molecule has 0 bridgehead atoms. The second-order valence-corrected chi connectivity index (χ2v) is 5.87. The lowest BCUT2D eigenvalue weighted by molar-refractivity contribution is -0.384. The first-order valence-corrected chi connectivity index (χ1v) is 7.78. The molecule has 2 amide bonds. The average molecular weight is 319 g/mol. The number of rotatable bonds is 5. The third-order valence-corrected chi connectivity index (χ3v) is 4.10. The molecule has 7 heteroatoms. The van der Waals surface area contributed by atoms with Gasteiger partial charge in [-0.05, 0) is 30.9 Å². The number of hydrogen-bond donors (Lipinski definition) is 1. The van der Waals surface area contributed by atoms with Crippen LogP contribution in [-0.4, -0.2) is 41.3 Å². The van der Waals surface area contributed by atoms with Crippen molar-refractivity contribution in [1.29, 1.82) is 0 Å². The molecule has 1 aliphatic rings. The van der Waals surface area contributed by atoms with Crippen LogP contribution in [0.15, 0.2) is 24.3 Å². The van der Waals surface area contributed by atoms with Crippen LogP contribution in [0.5, 0.6) is 0 Å². The van der Waals surface area contributed by atoms with E-state index in [-0.39, 0.29) is 30.5 Å². The molecule has 1 aromatic rings. The molecule has 0 spiro atoms. The Bertz CT molecular complexity index is 577. The van der Waals surface area contributed by atoms with Gasteiger partial charge in [-0.15, -0.1) is 0 Å². The number of benzene rings is 1. The Balaban J connectivity index is 1.76. The molecule has 1 aromatic carbocycles. The van der Waals surface area contributed by atoms with Gasteiger partial charge in [-0.3, -0.25) is 19.7 Å². The maximum atomic E-state index is 12.0. The molecule has 0 atom stereocenters. The number of nitro benzene ring substituents is 1. The minimum absolute atomic E-state index is 0.0564. The standard InChI is InChI=1S/C16H21N3O4/c1-12-7-10-18(11-8-12)15(20)6-9-17-16(21)13-2-4-14(5-3-13)19(22)23/h2-5,12H,6-11H2,1H3,(H,17,21). The summed E-state index contributed by atoms with van der Waals surface area (Å²) in [7, 11) is 0. The van der Waals surface area contributed by atoms with Crippen molar-refractivity contribution in [3.63, 3.8) is 0 Å². The molecule has 23 heavy (non-hydrogen) atoms. The van der Waals surface area contributed by atoms with Gasteiger partial charge in [0.2, 0.25) is 5.91 Å².